The number of carbonyl (C=O) groups is 1. The lowest BCUT2D eigenvalue weighted by molar-refractivity contribution is -0.125. The first kappa shape index (κ1) is 18.7. The van der Waals surface area contributed by atoms with Crippen molar-refractivity contribution < 1.29 is 4.79 Å². The molecule has 0 spiro atoms. The smallest absolute Gasteiger partial charge is 0.223 e. The molecule has 1 aliphatic heterocycles. The average molecular weight is 397 g/mol. The quantitative estimate of drug-likeness (QED) is 0.489. The zero-order valence-electron chi connectivity index (χ0n) is 15.7. The topological polar surface area (TPSA) is 75.4 Å². The minimum Gasteiger partial charge on any atom is -0.356 e. The number of nitrogens with one attached hydrogen (secondary N) is 1. The van der Waals surface area contributed by atoms with E-state index >= 15 is 0 Å². The van der Waals surface area contributed by atoms with Gasteiger partial charge in [-0.1, -0.05) is 18.2 Å². The third kappa shape index (κ3) is 4.62. The predicted molar refractivity (Wildman–Crippen MR) is 111 cm³/mol. The Balaban J connectivity index is 1.17. The number of thioether (sulfide) groups is 1. The largest absolute Gasteiger partial charge is 0.356 e. The van der Waals surface area contributed by atoms with E-state index in [-0.39, 0.29) is 11.8 Å². The molecule has 1 fully saturated rings. The van der Waals surface area contributed by atoms with Gasteiger partial charge in [0.1, 0.15) is 12.1 Å². The maximum absolute atomic E-state index is 12.4. The number of benzene rings is 1. The van der Waals surface area contributed by atoms with Crippen molar-refractivity contribution in [2.45, 2.75) is 24.2 Å². The molecular weight excluding hydrogens is 372 g/mol. The van der Waals surface area contributed by atoms with Gasteiger partial charge in [-0.15, -0.1) is 27.1 Å². The second-order valence-electron chi connectivity index (χ2n) is 6.89. The van der Waals surface area contributed by atoms with Gasteiger partial charge in [-0.3, -0.25) is 4.79 Å². The summed E-state index contributed by atoms with van der Waals surface area (Å²) in [4.78, 5) is 15.9. The Kier molecular flexibility index (Phi) is 6.06. The Morgan fingerprint density at radius 2 is 1.96 bits per heavy atom. The van der Waals surface area contributed by atoms with Gasteiger partial charge in [-0.2, -0.15) is 4.52 Å². The minimum absolute atomic E-state index is 0.0941. The molecule has 1 aromatic carbocycles. The molecule has 1 amide bonds. The summed E-state index contributed by atoms with van der Waals surface area (Å²) in [5, 5.41) is 15.5. The van der Waals surface area contributed by atoms with Crippen LogP contribution in [0.5, 0.6) is 0 Å². The molecule has 3 aromatic rings. The summed E-state index contributed by atoms with van der Waals surface area (Å²) < 4.78 is 1.68. The number of hydrogen-bond donors (Lipinski definition) is 1. The number of carbonyl (C=O) groups excluding carboxylic acids is 1. The Bertz CT molecular complexity index is 907. The number of piperidine rings is 1. The highest BCUT2D eigenvalue weighted by Crippen LogP contribution is 2.22. The monoisotopic (exact) mass is 396 g/mol. The molecule has 28 heavy (non-hydrogen) atoms. The molecule has 1 aliphatic rings. The SMILES string of the molecule is O=C(NCCCSc1ccccc1)C1CCN(c2ccc3nncn3n2)CC1. The molecule has 0 radical (unpaired) electrons. The van der Waals surface area contributed by atoms with E-state index in [1.54, 1.807) is 10.8 Å². The summed E-state index contributed by atoms with van der Waals surface area (Å²) in [7, 11) is 0. The van der Waals surface area contributed by atoms with E-state index < -0.39 is 0 Å². The highest BCUT2D eigenvalue weighted by molar-refractivity contribution is 7.99. The minimum atomic E-state index is 0.0941. The van der Waals surface area contributed by atoms with Crippen LogP contribution in [0.3, 0.4) is 0 Å². The zero-order chi connectivity index (χ0) is 19.2. The van der Waals surface area contributed by atoms with Gasteiger partial charge in [0.2, 0.25) is 5.91 Å². The van der Waals surface area contributed by atoms with E-state index in [1.807, 2.05) is 30.0 Å². The first-order valence-corrected chi connectivity index (χ1v) is 10.7. The van der Waals surface area contributed by atoms with Gasteiger partial charge in [-0.05, 0) is 49.3 Å². The molecule has 146 valence electrons. The molecule has 0 atom stereocenters. The first-order chi connectivity index (χ1) is 13.8. The highest BCUT2D eigenvalue weighted by Gasteiger charge is 2.25. The molecule has 8 heteroatoms. The summed E-state index contributed by atoms with van der Waals surface area (Å²) in [6.45, 7) is 2.41. The first-order valence-electron chi connectivity index (χ1n) is 9.67. The molecule has 7 nitrogen and oxygen atoms in total. The summed E-state index contributed by atoms with van der Waals surface area (Å²) >= 11 is 1.83. The van der Waals surface area contributed by atoms with Crippen molar-refractivity contribution >= 4 is 29.1 Å². The van der Waals surface area contributed by atoms with E-state index in [0.29, 0.717) is 0 Å². The third-order valence-corrected chi connectivity index (χ3v) is 6.07. The molecular formula is C20H24N6OS. The van der Waals surface area contributed by atoms with Crippen molar-refractivity contribution in [2.75, 3.05) is 30.3 Å². The van der Waals surface area contributed by atoms with E-state index in [4.69, 9.17) is 0 Å². The Morgan fingerprint density at radius 3 is 2.79 bits per heavy atom. The van der Waals surface area contributed by atoms with Crippen LogP contribution in [-0.4, -0.2) is 51.1 Å². The second kappa shape index (κ2) is 9.05. The van der Waals surface area contributed by atoms with E-state index in [0.717, 1.165) is 56.1 Å². The third-order valence-electron chi connectivity index (χ3n) is 4.97. The summed E-state index contributed by atoms with van der Waals surface area (Å²) in [6, 6.07) is 14.3. The van der Waals surface area contributed by atoms with Crippen LogP contribution in [0.15, 0.2) is 53.7 Å². The Morgan fingerprint density at radius 1 is 1.14 bits per heavy atom. The van der Waals surface area contributed by atoms with Crippen molar-refractivity contribution in [3.05, 3.63) is 48.8 Å². The summed E-state index contributed by atoms with van der Waals surface area (Å²) in [6.07, 6.45) is 4.29. The molecule has 0 bridgehead atoms. The van der Waals surface area contributed by atoms with Crippen LogP contribution in [0.4, 0.5) is 5.82 Å². The molecule has 0 saturated carbocycles. The normalized spacial score (nSPS) is 15.1. The second-order valence-corrected chi connectivity index (χ2v) is 8.06. The number of anilines is 1. The van der Waals surface area contributed by atoms with Crippen LogP contribution < -0.4 is 10.2 Å². The van der Waals surface area contributed by atoms with Crippen molar-refractivity contribution in [1.82, 2.24) is 25.1 Å². The lowest BCUT2D eigenvalue weighted by Gasteiger charge is -2.32. The number of fused-ring (bicyclic) bond motifs is 1. The van der Waals surface area contributed by atoms with E-state index in [1.165, 1.54) is 4.90 Å². The van der Waals surface area contributed by atoms with E-state index in [2.05, 4.69) is 49.8 Å². The maximum Gasteiger partial charge on any atom is 0.223 e. The molecule has 1 saturated heterocycles. The fraction of sp³-hybridized carbons (Fsp3) is 0.400. The molecule has 1 N–H and O–H groups in total. The Labute approximate surface area is 168 Å². The van der Waals surface area contributed by atoms with Crippen LogP contribution in [0.2, 0.25) is 0 Å². The predicted octanol–water partition coefficient (Wildman–Crippen LogP) is 2.64. The van der Waals surface area contributed by atoms with Gasteiger partial charge in [0, 0.05) is 30.4 Å². The lowest BCUT2D eigenvalue weighted by atomic mass is 9.96. The number of amides is 1. The van der Waals surface area contributed by atoms with Crippen LogP contribution in [-0.2, 0) is 4.79 Å². The van der Waals surface area contributed by atoms with Crippen molar-refractivity contribution in [2.24, 2.45) is 5.92 Å². The molecule has 4 rings (SSSR count). The number of hydrogen-bond acceptors (Lipinski definition) is 6. The standard InChI is InChI=1S/C20H24N6OS/c27-20(21-11-4-14-28-17-5-2-1-3-6-17)16-9-12-25(13-10-16)19-8-7-18-23-22-15-26(18)24-19/h1-3,5-8,15-16H,4,9-14H2,(H,21,27). The van der Waals surface area contributed by atoms with Crippen molar-refractivity contribution in [1.29, 1.82) is 0 Å². The Hall–Kier alpha value is -2.61. The fourth-order valence-electron chi connectivity index (χ4n) is 3.39. The van der Waals surface area contributed by atoms with Gasteiger partial charge in [0.05, 0.1) is 0 Å². The highest BCUT2D eigenvalue weighted by atomic mass is 32.2. The van der Waals surface area contributed by atoms with Crippen LogP contribution >= 0.6 is 11.8 Å². The van der Waals surface area contributed by atoms with Gasteiger partial charge >= 0.3 is 0 Å². The maximum atomic E-state index is 12.4. The van der Waals surface area contributed by atoms with Gasteiger partial charge in [0.25, 0.3) is 0 Å². The number of aromatic nitrogens is 4. The van der Waals surface area contributed by atoms with Gasteiger partial charge in [0.15, 0.2) is 5.65 Å². The van der Waals surface area contributed by atoms with E-state index in [9.17, 15) is 4.79 Å². The molecule has 0 aliphatic carbocycles. The number of rotatable bonds is 7. The molecule has 0 unspecified atom stereocenters. The summed E-state index contributed by atoms with van der Waals surface area (Å²) in [5.41, 5.74) is 0.739. The van der Waals surface area contributed by atoms with Gasteiger partial charge in [-0.25, -0.2) is 0 Å². The van der Waals surface area contributed by atoms with Crippen molar-refractivity contribution in [3.63, 3.8) is 0 Å². The van der Waals surface area contributed by atoms with Crippen LogP contribution in [0, 0.1) is 5.92 Å². The van der Waals surface area contributed by atoms with Crippen LogP contribution in [0.25, 0.3) is 5.65 Å². The average Bonchev–Trinajstić information content (AvgIpc) is 3.22. The summed E-state index contributed by atoms with van der Waals surface area (Å²) in [5.74, 6) is 2.20. The molecule has 2 aromatic heterocycles. The van der Waals surface area contributed by atoms with Crippen LogP contribution in [0.1, 0.15) is 19.3 Å². The van der Waals surface area contributed by atoms with Crippen molar-refractivity contribution in [3.8, 4) is 0 Å². The number of nitrogens with zero attached hydrogens (tertiary/aromatic N) is 5. The lowest BCUT2D eigenvalue weighted by Crippen LogP contribution is -2.41. The fourth-order valence-corrected chi connectivity index (χ4v) is 4.27. The molecule has 3 heterocycles. The van der Waals surface area contributed by atoms with Gasteiger partial charge < -0.3 is 10.2 Å². The zero-order valence-corrected chi connectivity index (χ0v) is 16.5.